The van der Waals surface area contributed by atoms with Crippen LogP contribution in [0.1, 0.15) is 24.8 Å². The molecular formula is C23H26N4O4. The SMILES string of the molecule is COc1cc2ncnc3c2cc1OCCCCCN(C)Cc1ccc2c(c1N3)OCO2. The molecule has 162 valence electrons. The van der Waals surface area contributed by atoms with Crippen LogP contribution in [0.4, 0.5) is 11.5 Å². The zero-order chi connectivity index (χ0) is 21.2. The monoisotopic (exact) mass is 422 g/mol. The number of anilines is 2. The van der Waals surface area contributed by atoms with Gasteiger partial charge in [-0.1, -0.05) is 6.07 Å². The van der Waals surface area contributed by atoms with E-state index in [1.807, 2.05) is 18.2 Å². The van der Waals surface area contributed by atoms with Crippen LogP contribution in [0.25, 0.3) is 10.9 Å². The first-order valence-corrected chi connectivity index (χ1v) is 10.6. The summed E-state index contributed by atoms with van der Waals surface area (Å²) in [7, 11) is 3.78. The third kappa shape index (κ3) is 3.90. The van der Waals surface area contributed by atoms with E-state index in [1.54, 1.807) is 13.4 Å². The van der Waals surface area contributed by atoms with Gasteiger partial charge in [-0.2, -0.15) is 0 Å². The van der Waals surface area contributed by atoms with Crippen molar-refractivity contribution < 1.29 is 18.9 Å². The van der Waals surface area contributed by atoms with Gasteiger partial charge in [-0.3, -0.25) is 0 Å². The summed E-state index contributed by atoms with van der Waals surface area (Å²) < 4.78 is 23.0. The molecule has 3 aromatic rings. The van der Waals surface area contributed by atoms with E-state index in [0.29, 0.717) is 29.7 Å². The first-order valence-electron chi connectivity index (χ1n) is 10.6. The first-order chi connectivity index (χ1) is 15.2. The fourth-order valence-electron chi connectivity index (χ4n) is 4.05. The molecule has 0 unspecified atom stereocenters. The number of hydrogen-bond acceptors (Lipinski definition) is 8. The van der Waals surface area contributed by atoms with Crippen molar-refractivity contribution in [2.24, 2.45) is 0 Å². The van der Waals surface area contributed by atoms with Crippen molar-refractivity contribution in [2.45, 2.75) is 25.8 Å². The normalized spacial score (nSPS) is 16.7. The quantitative estimate of drug-likeness (QED) is 0.628. The molecular weight excluding hydrogens is 396 g/mol. The highest BCUT2D eigenvalue weighted by atomic mass is 16.7. The lowest BCUT2D eigenvalue weighted by molar-refractivity contribution is 0.174. The highest BCUT2D eigenvalue weighted by Crippen LogP contribution is 2.44. The predicted octanol–water partition coefficient (Wildman–Crippen LogP) is 4.11. The second-order valence-electron chi connectivity index (χ2n) is 7.85. The second-order valence-corrected chi connectivity index (χ2v) is 7.85. The van der Waals surface area contributed by atoms with Gasteiger partial charge in [-0.25, -0.2) is 9.97 Å². The van der Waals surface area contributed by atoms with Gasteiger partial charge >= 0.3 is 0 Å². The Morgan fingerprint density at radius 2 is 1.97 bits per heavy atom. The number of rotatable bonds is 1. The lowest BCUT2D eigenvalue weighted by Gasteiger charge is -2.20. The smallest absolute Gasteiger partial charge is 0.231 e. The third-order valence-corrected chi connectivity index (χ3v) is 5.67. The van der Waals surface area contributed by atoms with Gasteiger partial charge in [0.05, 0.1) is 24.9 Å². The van der Waals surface area contributed by atoms with Crippen LogP contribution in [0, 0.1) is 0 Å². The van der Waals surface area contributed by atoms with E-state index >= 15 is 0 Å². The third-order valence-electron chi connectivity index (χ3n) is 5.67. The summed E-state index contributed by atoms with van der Waals surface area (Å²) in [6.07, 6.45) is 4.74. The summed E-state index contributed by atoms with van der Waals surface area (Å²) in [5, 5.41) is 4.36. The topological polar surface area (TPSA) is 78.0 Å². The maximum Gasteiger partial charge on any atom is 0.231 e. The molecule has 5 rings (SSSR count). The molecule has 8 nitrogen and oxygen atoms in total. The van der Waals surface area contributed by atoms with Gasteiger partial charge < -0.3 is 29.2 Å². The molecule has 0 atom stereocenters. The number of hydrogen-bond donors (Lipinski definition) is 1. The van der Waals surface area contributed by atoms with Crippen LogP contribution in [0.2, 0.25) is 0 Å². The zero-order valence-corrected chi connectivity index (χ0v) is 17.8. The minimum Gasteiger partial charge on any atom is -0.493 e. The fraction of sp³-hybridized carbons (Fsp3) is 0.391. The number of methoxy groups -OCH3 is 1. The molecule has 3 heterocycles. The molecule has 2 aliphatic rings. The first kappa shape index (κ1) is 19.7. The van der Waals surface area contributed by atoms with Crippen LogP contribution in [0.5, 0.6) is 23.0 Å². The van der Waals surface area contributed by atoms with Crippen molar-refractivity contribution in [1.29, 1.82) is 0 Å². The van der Waals surface area contributed by atoms with Gasteiger partial charge in [0, 0.05) is 18.0 Å². The van der Waals surface area contributed by atoms with Crippen LogP contribution in [0.15, 0.2) is 30.6 Å². The van der Waals surface area contributed by atoms with E-state index in [-0.39, 0.29) is 6.79 Å². The summed E-state index contributed by atoms with van der Waals surface area (Å²) in [5.74, 6) is 3.49. The van der Waals surface area contributed by atoms with E-state index in [2.05, 4.69) is 33.3 Å². The number of benzene rings is 2. The molecule has 8 heteroatoms. The summed E-state index contributed by atoms with van der Waals surface area (Å²) in [6.45, 7) is 2.64. The van der Waals surface area contributed by atoms with Crippen LogP contribution in [-0.2, 0) is 6.54 Å². The lowest BCUT2D eigenvalue weighted by Crippen LogP contribution is -2.20. The molecule has 0 spiro atoms. The van der Waals surface area contributed by atoms with Crippen molar-refractivity contribution in [3.8, 4) is 23.0 Å². The number of nitrogens with one attached hydrogen (secondary N) is 1. The summed E-state index contributed by atoms with van der Waals surface area (Å²) in [5.41, 5.74) is 2.77. The van der Waals surface area contributed by atoms with Crippen molar-refractivity contribution in [2.75, 3.05) is 39.4 Å². The largest absolute Gasteiger partial charge is 0.493 e. The van der Waals surface area contributed by atoms with E-state index < -0.39 is 0 Å². The highest BCUT2D eigenvalue weighted by Gasteiger charge is 2.23. The molecule has 0 radical (unpaired) electrons. The second kappa shape index (κ2) is 8.47. The Balaban J connectivity index is 1.65. The molecule has 2 bridgehead atoms. The molecule has 0 saturated carbocycles. The Bertz CT molecular complexity index is 1100. The Kier molecular flexibility index (Phi) is 5.38. The standard InChI is InChI=1S/C23H26N4O4/c1-27-8-4-3-5-9-29-20-10-16-17(11-19(20)28-2)24-13-25-23(16)26-21-15(12-27)6-7-18-22(21)31-14-30-18/h6-7,10-11,13H,3-5,8-9,12,14H2,1-2H3,(H,24,25,26). The molecule has 31 heavy (non-hydrogen) atoms. The van der Waals surface area contributed by atoms with Gasteiger partial charge in [-0.05, 0) is 50.6 Å². The van der Waals surface area contributed by atoms with Gasteiger partial charge in [0.2, 0.25) is 6.79 Å². The number of fused-ring (bicyclic) bond motifs is 4. The van der Waals surface area contributed by atoms with Crippen LogP contribution in [-0.4, -0.2) is 49.0 Å². The maximum atomic E-state index is 6.07. The molecule has 0 fully saturated rings. The minimum atomic E-state index is 0.211. The molecule has 1 N–H and O–H groups in total. The van der Waals surface area contributed by atoms with Crippen molar-refractivity contribution in [1.82, 2.24) is 14.9 Å². The predicted molar refractivity (Wildman–Crippen MR) is 118 cm³/mol. The Labute approximate surface area is 181 Å². The van der Waals surface area contributed by atoms with Crippen molar-refractivity contribution in [3.63, 3.8) is 0 Å². The maximum absolute atomic E-state index is 6.07. The minimum absolute atomic E-state index is 0.211. The number of nitrogens with zero attached hydrogens (tertiary/aromatic N) is 3. The van der Waals surface area contributed by atoms with Crippen LogP contribution >= 0.6 is 0 Å². The summed E-state index contributed by atoms with van der Waals surface area (Å²) in [6, 6.07) is 7.90. The van der Waals surface area contributed by atoms with Gasteiger partial charge in [0.15, 0.2) is 23.0 Å². The summed E-state index contributed by atoms with van der Waals surface area (Å²) in [4.78, 5) is 11.3. The van der Waals surface area contributed by atoms with E-state index in [0.717, 1.165) is 60.3 Å². The van der Waals surface area contributed by atoms with E-state index in [4.69, 9.17) is 18.9 Å². The van der Waals surface area contributed by atoms with Crippen LogP contribution < -0.4 is 24.3 Å². The Hall–Kier alpha value is -3.26. The zero-order valence-electron chi connectivity index (χ0n) is 17.8. The fourth-order valence-corrected chi connectivity index (χ4v) is 4.05. The van der Waals surface area contributed by atoms with Gasteiger partial charge in [-0.15, -0.1) is 0 Å². The van der Waals surface area contributed by atoms with Gasteiger partial charge in [0.25, 0.3) is 0 Å². The molecule has 2 aromatic carbocycles. The Morgan fingerprint density at radius 1 is 1.03 bits per heavy atom. The lowest BCUT2D eigenvalue weighted by atomic mass is 10.1. The average Bonchev–Trinajstić information content (AvgIpc) is 3.26. The van der Waals surface area contributed by atoms with Crippen LogP contribution in [0.3, 0.4) is 0 Å². The number of ether oxygens (including phenoxy) is 4. The van der Waals surface area contributed by atoms with Crippen molar-refractivity contribution >= 4 is 22.4 Å². The molecule has 0 aliphatic carbocycles. The number of aromatic nitrogens is 2. The summed E-state index contributed by atoms with van der Waals surface area (Å²) >= 11 is 0. The molecule has 0 amide bonds. The van der Waals surface area contributed by atoms with E-state index in [9.17, 15) is 0 Å². The van der Waals surface area contributed by atoms with Gasteiger partial charge in [0.1, 0.15) is 12.1 Å². The molecule has 1 aromatic heterocycles. The van der Waals surface area contributed by atoms with Crippen molar-refractivity contribution in [3.05, 3.63) is 36.2 Å². The Morgan fingerprint density at radius 3 is 2.87 bits per heavy atom. The van der Waals surface area contributed by atoms with E-state index in [1.165, 1.54) is 0 Å². The molecule has 2 aliphatic heterocycles. The average molecular weight is 422 g/mol. The highest BCUT2D eigenvalue weighted by molar-refractivity contribution is 5.94. The molecule has 0 saturated heterocycles.